The van der Waals surface area contributed by atoms with E-state index in [2.05, 4.69) is 26.5 Å². The van der Waals surface area contributed by atoms with Crippen LogP contribution >= 0.6 is 15.9 Å². The maximum atomic E-state index is 11.8. The molecule has 0 radical (unpaired) electrons. The molecule has 5 nitrogen and oxygen atoms in total. The standard InChI is InChI=1S/C15H11BrN2O3/c16-12-4-2-11(3-5-12)15(19)18-17-8-10-1-6-13-14(7-10)21-9-20-13/h1-8H,9H2,(H,18,19)/b17-8+. The molecule has 1 N–H and O–H groups in total. The SMILES string of the molecule is O=C(N/N=C/c1ccc2c(c1)OCO2)c1ccc(Br)cc1. The fraction of sp³-hybridized carbons (Fsp3) is 0.0667. The van der Waals surface area contributed by atoms with Crippen LogP contribution in [0.3, 0.4) is 0 Å². The number of nitrogens with zero attached hydrogens (tertiary/aromatic N) is 1. The van der Waals surface area contributed by atoms with Crippen molar-refractivity contribution in [3.8, 4) is 11.5 Å². The molecule has 0 saturated heterocycles. The van der Waals surface area contributed by atoms with Gasteiger partial charge >= 0.3 is 0 Å². The second kappa shape index (κ2) is 5.97. The molecule has 0 aliphatic carbocycles. The van der Waals surface area contributed by atoms with Crippen LogP contribution in [0.25, 0.3) is 0 Å². The molecule has 106 valence electrons. The molecule has 1 heterocycles. The number of rotatable bonds is 3. The van der Waals surface area contributed by atoms with Gasteiger partial charge in [0.25, 0.3) is 5.91 Å². The van der Waals surface area contributed by atoms with Gasteiger partial charge in [0.1, 0.15) is 0 Å². The molecule has 0 atom stereocenters. The molecule has 2 aromatic carbocycles. The third kappa shape index (κ3) is 3.22. The quantitative estimate of drug-likeness (QED) is 0.686. The fourth-order valence-corrected chi connectivity index (χ4v) is 2.09. The summed E-state index contributed by atoms with van der Waals surface area (Å²) in [4.78, 5) is 11.8. The predicted octanol–water partition coefficient (Wildman–Crippen LogP) is 2.94. The second-order valence-electron chi connectivity index (χ2n) is 4.32. The third-order valence-electron chi connectivity index (χ3n) is 2.88. The topological polar surface area (TPSA) is 59.9 Å². The van der Waals surface area contributed by atoms with Crippen LogP contribution in [0.15, 0.2) is 52.0 Å². The summed E-state index contributed by atoms with van der Waals surface area (Å²) < 4.78 is 11.4. The van der Waals surface area contributed by atoms with E-state index >= 15 is 0 Å². The summed E-state index contributed by atoms with van der Waals surface area (Å²) >= 11 is 3.32. The van der Waals surface area contributed by atoms with E-state index in [9.17, 15) is 4.79 Å². The van der Waals surface area contributed by atoms with Crippen LogP contribution < -0.4 is 14.9 Å². The lowest BCUT2D eigenvalue weighted by Crippen LogP contribution is -2.17. The number of hydrogen-bond donors (Lipinski definition) is 1. The van der Waals surface area contributed by atoms with E-state index in [4.69, 9.17) is 9.47 Å². The van der Waals surface area contributed by atoms with Gasteiger partial charge in [0.15, 0.2) is 11.5 Å². The van der Waals surface area contributed by atoms with Crippen molar-refractivity contribution in [1.29, 1.82) is 0 Å². The number of ether oxygens (including phenoxy) is 2. The first-order valence-electron chi connectivity index (χ1n) is 6.21. The summed E-state index contributed by atoms with van der Waals surface area (Å²) in [7, 11) is 0. The number of nitrogens with one attached hydrogen (secondary N) is 1. The van der Waals surface area contributed by atoms with Crippen LogP contribution in [0.4, 0.5) is 0 Å². The van der Waals surface area contributed by atoms with E-state index in [1.165, 1.54) is 0 Å². The van der Waals surface area contributed by atoms with Crippen molar-refractivity contribution in [2.45, 2.75) is 0 Å². The maximum Gasteiger partial charge on any atom is 0.271 e. The van der Waals surface area contributed by atoms with Crippen molar-refractivity contribution in [3.63, 3.8) is 0 Å². The van der Waals surface area contributed by atoms with E-state index in [1.807, 2.05) is 6.07 Å². The molecule has 0 fully saturated rings. The van der Waals surface area contributed by atoms with Gasteiger partial charge in [-0.25, -0.2) is 5.43 Å². The number of carbonyl (C=O) groups is 1. The Hall–Kier alpha value is -2.34. The molecule has 0 spiro atoms. The minimum absolute atomic E-state index is 0.232. The van der Waals surface area contributed by atoms with Crippen molar-refractivity contribution in [2.24, 2.45) is 5.10 Å². The molecule has 2 aromatic rings. The first kappa shape index (κ1) is 13.6. The highest BCUT2D eigenvalue weighted by Gasteiger charge is 2.12. The minimum atomic E-state index is -0.264. The van der Waals surface area contributed by atoms with E-state index in [0.717, 1.165) is 10.0 Å². The van der Waals surface area contributed by atoms with Crippen LogP contribution in [0, 0.1) is 0 Å². The summed E-state index contributed by atoms with van der Waals surface area (Å²) in [6, 6.07) is 12.5. The Morgan fingerprint density at radius 3 is 2.71 bits per heavy atom. The zero-order valence-corrected chi connectivity index (χ0v) is 12.5. The zero-order chi connectivity index (χ0) is 14.7. The van der Waals surface area contributed by atoms with Crippen LogP contribution in [-0.4, -0.2) is 18.9 Å². The smallest absolute Gasteiger partial charge is 0.271 e. The Labute approximate surface area is 129 Å². The second-order valence-corrected chi connectivity index (χ2v) is 5.23. The molecule has 1 amide bonds. The van der Waals surface area contributed by atoms with Gasteiger partial charge in [0, 0.05) is 10.0 Å². The molecule has 0 unspecified atom stereocenters. The van der Waals surface area contributed by atoms with E-state index in [0.29, 0.717) is 17.1 Å². The molecule has 1 aliphatic heterocycles. The van der Waals surface area contributed by atoms with Gasteiger partial charge in [0.2, 0.25) is 6.79 Å². The predicted molar refractivity (Wildman–Crippen MR) is 81.8 cm³/mol. The van der Waals surface area contributed by atoms with Crippen LogP contribution in [0.5, 0.6) is 11.5 Å². The summed E-state index contributed by atoms with van der Waals surface area (Å²) in [5, 5.41) is 3.93. The van der Waals surface area contributed by atoms with Crippen molar-refractivity contribution < 1.29 is 14.3 Å². The van der Waals surface area contributed by atoms with Gasteiger partial charge < -0.3 is 9.47 Å². The maximum absolute atomic E-state index is 11.8. The number of benzene rings is 2. The summed E-state index contributed by atoms with van der Waals surface area (Å²) in [6.07, 6.45) is 1.55. The number of hydrazone groups is 1. The highest BCUT2D eigenvalue weighted by molar-refractivity contribution is 9.10. The molecular formula is C15H11BrN2O3. The Morgan fingerprint density at radius 1 is 1.14 bits per heavy atom. The van der Waals surface area contributed by atoms with Gasteiger partial charge in [-0.15, -0.1) is 0 Å². The lowest BCUT2D eigenvalue weighted by molar-refractivity contribution is 0.0955. The van der Waals surface area contributed by atoms with E-state index < -0.39 is 0 Å². The molecule has 1 aliphatic rings. The van der Waals surface area contributed by atoms with Crippen LogP contribution in [0.1, 0.15) is 15.9 Å². The van der Waals surface area contributed by atoms with Gasteiger partial charge in [-0.2, -0.15) is 5.10 Å². The Kier molecular flexibility index (Phi) is 3.87. The normalized spacial score (nSPS) is 12.6. The molecule has 21 heavy (non-hydrogen) atoms. The molecule has 0 bridgehead atoms. The van der Waals surface area contributed by atoms with Gasteiger partial charge in [0.05, 0.1) is 6.21 Å². The molecular weight excluding hydrogens is 336 g/mol. The Balaban J connectivity index is 1.64. The third-order valence-corrected chi connectivity index (χ3v) is 3.41. The van der Waals surface area contributed by atoms with Crippen molar-refractivity contribution in [1.82, 2.24) is 5.43 Å². The fourth-order valence-electron chi connectivity index (χ4n) is 1.82. The van der Waals surface area contributed by atoms with Crippen LogP contribution in [-0.2, 0) is 0 Å². The highest BCUT2D eigenvalue weighted by Crippen LogP contribution is 2.31. The first-order valence-corrected chi connectivity index (χ1v) is 7.00. The summed E-state index contributed by atoms with van der Waals surface area (Å²) in [5.74, 6) is 1.13. The number of amides is 1. The molecule has 0 aromatic heterocycles. The van der Waals surface area contributed by atoms with E-state index in [-0.39, 0.29) is 12.7 Å². The van der Waals surface area contributed by atoms with Crippen molar-refractivity contribution in [3.05, 3.63) is 58.1 Å². The molecule has 6 heteroatoms. The highest BCUT2D eigenvalue weighted by atomic mass is 79.9. The Morgan fingerprint density at radius 2 is 1.90 bits per heavy atom. The van der Waals surface area contributed by atoms with Gasteiger partial charge in [-0.3, -0.25) is 4.79 Å². The van der Waals surface area contributed by atoms with Crippen LogP contribution in [0.2, 0.25) is 0 Å². The minimum Gasteiger partial charge on any atom is -0.454 e. The van der Waals surface area contributed by atoms with E-state index in [1.54, 1.807) is 42.6 Å². The number of hydrogen-bond acceptors (Lipinski definition) is 4. The number of fused-ring (bicyclic) bond motifs is 1. The lowest BCUT2D eigenvalue weighted by atomic mass is 10.2. The number of carbonyl (C=O) groups excluding carboxylic acids is 1. The summed E-state index contributed by atoms with van der Waals surface area (Å²) in [5.41, 5.74) is 3.84. The monoisotopic (exact) mass is 346 g/mol. The largest absolute Gasteiger partial charge is 0.454 e. The van der Waals surface area contributed by atoms with Gasteiger partial charge in [-0.05, 0) is 48.0 Å². The van der Waals surface area contributed by atoms with Crippen molar-refractivity contribution in [2.75, 3.05) is 6.79 Å². The Bertz CT molecular complexity index is 699. The van der Waals surface area contributed by atoms with Gasteiger partial charge in [-0.1, -0.05) is 15.9 Å². The average molecular weight is 347 g/mol. The molecule has 3 rings (SSSR count). The summed E-state index contributed by atoms with van der Waals surface area (Å²) in [6.45, 7) is 0.232. The zero-order valence-electron chi connectivity index (χ0n) is 10.9. The first-order chi connectivity index (χ1) is 10.2. The number of halogens is 1. The van der Waals surface area contributed by atoms with Crippen molar-refractivity contribution >= 4 is 28.1 Å². The lowest BCUT2D eigenvalue weighted by Gasteiger charge is -2.00. The molecule has 0 saturated carbocycles. The average Bonchev–Trinajstić information content (AvgIpc) is 2.95.